The van der Waals surface area contributed by atoms with Crippen molar-refractivity contribution in [3.63, 3.8) is 0 Å². The van der Waals surface area contributed by atoms with Crippen LogP contribution in [0.15, 0.2) is 74.6 Å². The highest BCUT2D eigenvalue weighted by Gasteiger charge is 2.22. The Bertz CT molecular complexity index is 1040. The van der Waals surface area contributed by atoms with Gasteiger partial charge in [-0.25, -0.2) is 8.42 Å². The van der Waals surface area contributed by atoms with Gasteiger partial charge in [0.15, 0.2) is 15.6 Å². The summed E-state index contributed by atoms with van der Waals surface area (Å²) in [6.07, 6.45) is 1.31. The van der Waals surface area contributed by atoms with Crippen molar-refractivity contribution in [1.29, 1.82) is 0 Å². The Morgan fingerprint density at radius 1 is 1.12 bits per heavy atom. The molecule has 0 unspecified atom stereocenters. The number of carbonyl (C=O) groups is 1. The maximum Gasteiger partial charge on any atom is 0.291 e. The number of amides is 1. The largest absolute Gasteiger partial charge is 0.459 e. The van der Waals surface area contributed by atoms with E-state index in [4.69, 9.17) is 4.42 Å². The molecule has 0 aliphatic rings. The highest BCUT2D eigenvalue weighted by Crippen LogP contribution is 2.25. The second-order valence-electron chi connectivity index (χ2n) is 5.78. The number of carbonyl (C=O) groups excluding carboxylic acids is 1. The van der Waals surface area contributed by atoms with Crippen molar-refractivity contribution in [3.05, 3.63) is 82.2 Å². The molecule has 26 heavy (non-hydrogen) atoms. The molecule has 0 saturated carbocycles. The molecule has 7 heteroatoms. The van der Waals surface area contributed by atoms with Crippen LogP contribution in [0.3, 0.4) is 0 Å². The molecule has 0 atom stereocenters. The summed E-state index contributed by atoms with van der Waals surface area (Å²) >= 11 is 3.40. The van der Waals surface area contributed by atoms with E-state index in [1.165, 1.54) is 24.5 Å². The number of hydrogen-bond donors (Lipinski definition) is 1. The van der Waals surface area contributed by atoms with Crippen molar-refractivity contribution in [1.82, 2.24) is 0 Å². The van der Waals surface area contributed by atoms with Crippen molar-refractivity contribution < 1.29 is 17.6 Å². The normalized spacial score (nSPS) is 11.3. The summed E-state index contributed by atoms with van der Waals surface area (Å²) in [5.41, 5.74) is 1.94. The van der Waals surface area contributed by atoms with Crippen LogP contribution in [0.25, 0.3) is 0 Å². The van der Waals surface area contributed by atoms with Crippen LogP contribution in [0.2, 0.25) is 0 Å². The summed E-state index contributed by atoms with van der Waals surface area (Å²) in [6, 6.07) is 15.1. The zero-order valence-electron chi connectivity index (χ0n) is 13.9. The lowest BCUT2D eigenvalue weighted by Gasteiger charge is -2.08. The fourth-order valence-corrected chi connectivity index (χ4v) is 4.43. The van der Waals surface area contributed by atoms with E-state index in [1.807, 2.05) is 19.1 Å². The minimum atomic E-state index is -3.58. The average molecular weight is 434 g/mol. The Morgan fingerprint density at radius 3 is 2.54 bits per heavy atom. The number of rotatable bonds is 5. The van der Waals surface area contributed by atoms with Crippen molar-refractivity contribution in [3.8, 4) is 0 Å². The molecule has 0 spiro atoms. The van der Waals surface area contributed by atoms with Crippen LogP contribution >= 0.6 is 15.9 Å². The third-order valence-electron chi connectivity index (χ3n) is 3.77. The zero-order chi connectivity index (χ0) is 18.7. The van der Waals surface area contributed by atoms with Crippen LogP contribution in [-0.2, 0) is 15.6 Å². The van der Waals surface area contributed by atoms with Crippen LogP contribution in [-0.4, -0.2) is 14.3 Å². The Kier molecular flexibility index (Phi) is 5.29. The van der Waals surface area contributed by atoms with E-state index in [-0.39, 0.29) is 16.4 Å². The van der Waals surface area contributed by atoms with Crippen LogP contribution < -0.4 is 5.32 Å². The molecule has 2 aromatic carbocycles. The van der Waals surface area contributed by atoms with Crippen LogP contribution in [0.1, 0.15) is 21.7 Å². The molecule has 3 aromatic rings. The number of halogens is 1. The average Bonchev–Trinajstić information content (AvgIpc) is 3.05. The molecule has 1 aromatic heterocycles. The summed E-state index contributed by atoms with van der Waals surface area (Å²) in [5, 5.41) is 2.73. The van der Waals surface area contributed by atoms with Gasteiger partial charge in [0.1, 0.15) is 0 Å². The summed E-state index contributed by atoms with van der Waals surface area (Å²) in [4.78, 5) is 12.7. The molecule has 1 amide bonds. The quantitative estimate of drug-likeness (QED) is 0.638. The minimum absolute atomic E-state index is 0.0167. The van der Waals surface area contributed by atoms with E-state index in [0.717, 1.165) is 10.0 Å². The molecule has 0 fully saturated rings. The second-order valence-corrected chi connectivity index (χ2v) is 8.63. The molecule has 0 bridgehead atoms. The first kappa shape index (κ1) is 18.4. The molecule has 5 nitrogen and oxygen atoms in total. The lowest BCUT2D eigenvalue weighted by atomic mass is 10.2. The number of furan rings is 1. The molecule has 0 aliphatic heterocycles. The molecule has 3 rings (SSSR count). The van der Waals surface area contributed by atoms with Gasteiger partial charge >= 0.3 is 0 Å². The standard InChI is InChI=1S/C19H16BrNO4S/c1-13-7-8-17(16(20)11-13)21-19(22)18-14(9-10-25-18)12-26(23,24)15-5-3-2-4-6-15/h2-11H,12H2,1H3,(H,21,22). The molecule has 1 heterocycles. The first-order valence-electron chi connectivity index (χ1n) is 7.78. The van der Waals surface area contributed by atoms with Crippen molar-refractivity contribution in [2.24, 2.45) is 0 Å². The van der Waals surface area contributed by atoms with Crippen molar-refractivity contribution in [2.75, 3.05) is 5.32 Å². The first-order valence-corrected chi connectivity index (χ1v) is 10.2. The predicted octanol–water partition coefficient (Wildman–Crippen LogP) is 4.58. The van der Waals surface area contributed by atoms with Gasteiger partial charge in [-0.1, -0.05) is 24.3 Å². The van der Waals surface area contributed by atoms with Gasteiger partial charge in [0.2, 0.25) is 0 Å². The molecular weight excluding hydrogens is 418 g/mol. The third-order valence-corrected chi connectivity index (χ3v) is 6.11. The van der Waals surface area contributed by atoms with Gasteiger partial charge in [-0.3, -0.25) is 4.79 Å². The zero-order valence-corrected chi connectivity index (χ0v) is 16.3. The molecule has 0 radical (unpaired) electrons. The van der Waals surface area contributed by atoms with Crippen LogP contribution in [0, 0.1) is 6.92 Å². The number of aryl methyl sites for hydroxylation is 1. The highest BCUT2D eigenvalue weighted by molar-refractivity contribution is 9.10. The van der Waals surface area contributed by atoms with E-state index < -0.39 is 15.7 Å². The lowest BCUT2D eigenvalue weighted by molar-refractivity contribution is 0.0995. The Hall–Kier alpha value is -2.38. The molecule has 0 aliphatic carbocycles. The number of sulfone groups is 1. The Balaban J connectivity index is 1.83. The third kappa shape index (κ3) is 4.05. The van der Waals surface area contributed by atoms with Gasteiger partial charge in [0.05, 0.1) is 22.6 Å². The first-order chi connectivity index (χ1) is 12.4. The molecule has 1 N–H and O–H groups in total. The Morgan fingerprint density at radius 2 is 1.85 bits per heavy atom. The van der Waals surface area contributed by atoms with Crippen molar-refractivity contribution >= 4 is 37.4 Å². The van der Waals surface area contributed by atoms with Gasteiger partial charge < -0.3 is 9.73 Å². The van der Waals surface area contributed by atoms with E-state index in [1.54, 1.807) is 24.3 Å². The summed E-state index contributed by atoms with van der Waals surface area (Å²) < 4.78 is 31.1. The van der Waals surface area contributed by atoms with Gasteiger partial charge in [0, 0.05) is 10.0 Å². The monoisotopic (exact) mass is 433 g/mol. The number of anilines is 1. The SMILES string of the molecule is Cc1ccc(NC(=O)c2occc2CS(=O)(=O)c2ccccc2)c(Br)c1. The van der Waals surface area contributed by atoms with Gasteiger partial charge in [-0.15, -0.1) is 0 Å². The summed E-state index contributed by atoms with van der Waals surface area (Å²) in [5.74, 6) is -0.833. The molecule has 0 saturated heterocycles. The van der Waals surface area contributed by atoms with Crippen LogP contribution in [0.4, 0.5) is 5.69 Å². The van der Waals surface area contributed by atoms with E-state index in [9.17, 15) is 13.2 Å². The van der Waals surface area contributed by atoms with Gasteiger partial charge in [-0.05, 0) is 58.7 Å². The second kappa shape index (κ2) is 7.47. The van der Waals surface area contributed by atoms with Crippen LogP contribution in [0.5, 0.6) is 0 Å². The van der Waals surface area contributed by atoms with Gasteiger partial charge in [-0.2, -0.15) is 0 Å². The Labute approximate surface area is 160 Å². The lowest BCUT2D eigenvalue weighted by Crippen LogP contribution is -2.15. The summed E-state index contributed by atoms with van der Waals surface area (Å²) in [7, 11) is -3.58. The topological polar surface area (TPSA) is 76.4 Å². The van der Waals surface area contributed by atoms with Gasteiger partial charge in [0.25, 0.3) is 5.91 Å². The van der Waals surface area contributed by atoms with E-state index >= 15 is 0 Å². The molecular formula is C19H16BrNO4S. The number of hydrogen-bond acceptors (Lipinski definition) is 4. The van der Waals surface area contributed by atoms with E-state index in [2.05, 4.69) is 21.2 Å². The fourth-order valence-electron chi connectivity index (χ4n) is 2.47. The number of nitrogens with one attached hydrogen (secondary N) is 1. The minimum Gasteiger partial charge on any atom is -0.459 e. The van der Waals surface area contributed by atoms with Crippen molar-refractivity contribution in [2.45, 2.75) is 17.6 Å². The van der Waals surface area contributed by atoms with E-state index in [0.29, 0.717) is 11.3 Å². The predicted molar refractivity (Wildman–Crippen MR) is 103 cm³/mol. The maximum atomic E-state index is 12.5. The number of benzene rings is 2. The fraction of sp³-hybridized carbons (Fsp3) is 0.105. The molecule has 134 valence electrons. The maximum absolute atomic E-state index is 12.5. The highest BCUT2D eigenvalue weighted by atomic mass is 79.9. The summed E-state index contributed by atoms with van der Waals surface area (Å²) in [6.45, 7) is 1.94. The smallest absolute Gasteiger partial charge is 0.291 e.